The van der Waals surface area contributed by atoms with E-state index in [-0.39, 0.29) is 12.3 Å². The van der Waals surface area contributed by atoms with E-state index in [1.807, 2.05) is 13.8 Å². The second-order valence-electron chi connectivity index (χ2n) is 3.86. The highest BCUT2D eigenvalue weighted by Gasteiger charge is 2.22. The minimum Gasteiger partial charge on any atom is -0.324 e. The lowest BCUT2D eigenvalue weighted by Crippen LogP contribution is -2.06. The second-order valence-corrected chi connectivity index (χ2v) is 5.66. The van der Waals surface area contributed by atoms with Crippen molar-refractivity contribution in [2.45, 2.75) is 39.0 Å². The number of hydrogen-bond acceptors (Lipinski definition) is 3. The highest BCUT2D eigenvalue weighted by molar-refractivity contribution is 7.51. The summed E-state index contributed by atoms with van der Waals surface area (Å²) < 4.78 is 17.0. The van der Waals surface area contributed by atoms with E-state index < -0.39 is 7.60 Å². The first kappa shape index (κ1) is 13.4. The maximum atomic E-state index is 11.8. The maximum Gasteiger partial charge on any atom is 0.332 e. The monoisotopic (exact) mass is 243 g/mol. The molecule has 0 spiro atoms. The molecule has 0 radical (unpaired) electrons. The number of nitrogens with zero attached hydrogens (tertiary/aromatic N) is 1. The second kappa shape index (κ2) is 6.14. The van der Waals surface area contributed by atoms with Crippen molar-refractivity contribution >= 4 is 7.60 Å². The van der Waals surface area contributed by atoms with Crippen molar-refractivity contribution in [1.82, 2.24) is 4.98 Å². The summed E-state index contributed by atoms with van der Waals surface area (Å²) in [6.07, 6.45) is 4.80. The van der Waals surface area contributed by atoms with Crippen LogP contribution in [0.2, 0.25) is 0 Å². The Balaban J connectivity index is 2.55. The van der Waals surface area contributed by atoms with Crippen LogP contribution in [0.1, 0.15) is 32.3 Å². The van der Waals surface area contributed by atoms with Crippen LogP contribution >= 0.6 is 7.60 Å². The minimum atomic E-state index is -3.53. The first-order valence-electron chi connectivity index (χ1n) is 5.42. The highest BCUT2D eigenvalue weighted by atomic mass is 31.2. The van der Waals surface area contributed by atoms with E-state index >= 15 is 0 Å². The van der Waals surface area contributed by atoms with Gasteiger partial charge in [-0.2, -0.15) is 0 Å². The molecule has 1 heterocycles. The largest absolute Gasteiger partial charge is 0.332 e. The molecule has 0 fully saturated rings. The molecule has 1 aromatic heterocycles. The molecule has 1 aromatic rings. The minimum absolute atomic E-state index is 0.0452. The topological polar surface area (TPSA) is 59.4 Å². The molecule has 0 saturated carbocycles. The quantitative estimate of drug-likeness (QED) is 0.780. The molecule has 5 heteroatoms. The first-order valence-corrected chi connectivity index (χ1v) is 7.19. The molecule has 0 amide bonds. The summed E-state index contributed by atoms with van der Waals surface area (Å²) in [6, 6.07) is 3.44. The lowest BCUT2D eigenvalue weighted by atomic mass is 10.2. The van der Waals surface area contributed by atoms with E-state index in [0.717, 1.165) is 18.4 Å². The van der Waals surface area contributed by atoms with Crippen molar-refractivity contribution in [2.75, 3.05) is 0 Å². The third-order valence-electron chi connectivity index (χ3n) is 2.17. The molecule has 1 N–H and O–H groups in total. The molecule has 0 saturated heterocycles. The molecule has 1 rings (SSSR count). The zero-order valence-electron chi connectivity index (χ0n) is 9.67. The van der Waals surface area contributed by atoms with Crippen LogP contribution in [0.5, 0.6) is 0 Å². The molecule has 0 aliphatic rings. The Morgan fingerprint density at radius 1 is 1.50 bits per heavy atom. The van der Waals surface area contributed by atoms with Gasteiger partial charge in [0.05, 0.1) is 12.3 Å². The highest BCUT2D eigenvalue weighted by Crippen LogP contribution is 2.47. The smallest absolute Gasteiger partial charge is 0.324 e. The van der Waals surface area contributed by atoms with E-state index in [1.165, 1.54) is 0 Å². The molecule has 4 nitrogen and oxygen atoms in total. The van der Waals surface area contributed by atoms with Gasteiger partial charge >= 0.3 is 7.60 Å². The van der Waals surface area contributed by atoms with Gasteiger partial charge < -0.3 is 9.42 Å². The molecule has 16 heavy (non-hydrogen) atoms. The molecular weight excluding hydrogens is 225 g/mol. The number of pyridine rings is 1. The molecule has 2 unspecified atom stereocenters. The van der Waals surface area contributed by atoms with Crippen molar-refractivity contribution in [2.24, 2.45) is 0 Å². The maximum absolute atomic E-state index is 11.8. The number of rotatable bonds is 6. The Morgan fingerprint density at radius 3 is 2.69 bits per heavy atom. The van der Waals surface area contributed by atoms with Gasteiger partial charge in [0.1, 0.15) is 0 Å². The third kappa shape index (κ3) is 4.88. The van der Waals surface area contributed by atoms with Crippen molar-refractivity contribution in [3.8, 4) is 0 Å². The number of hydrogen-bond donors (Lipinski definition) is 1. The molecule has 0 aromatic carbocycles. The van der Waals surface area contributed by atoms with E-state index in [2.05, 4.69) is 4.98 Å². The Morgan fingerprint density at radius 2 is 2.12 bits per heavy atom. The van der Waals surface area contributed by atoms with Crippen molar-refractivity contribution in [1.29, 1.82) is 0 Å². The van der Waals surface area contributed by atoms with Gasteiger partial charge in [-0.1, -0.05) is 13.3 Å². The normalized spacial score (nSPS) is 16.7. The van der Waals surface area contributed by atoms with E-state index in [1.54, 1.807) is 24.5 Å². The van der Waals surface area contributed by atoms with Crippen molar-refractivity contribution in [3.05, 3.63) is 30.1 Å². The first-order chi connectivity index (χ1) is 7.53. The van der Waals surface area contributed by atoms with Crippen LogP contribution in [-0.4, -0.2) is 16.0 Å². The van der Waals surface area contributed by atoms with Gasteiger partial charge in [0, 0.05) is 12.4 Å². The van der Waals surface area contributed by atoms with Crippen LogP contribution in [0.25, 0.3) is 0 Å². The van der Waals surface area contributed by atoms with Gasteiger partial charge in [-0.05, 0) is 31.0 Å². The predicted octanol–water partition coefficient (Wildman–Crippen LogP) is 2.97. The fraction of sp³-hybridized carbons (Fsp3) is 0.545. The summed E-state index contributed by atoms with van der Waals surface area (Å²) in [5.74, 6) is 0. The van der Waals surface area contributed by atoms with E-state index in [0.29, 0.717) is 0 Å². The van der Waals surface area contributed by atoms with E-state index in [4.69, 9.17) is 4.52 Å². The Kier molecular flexibility index (Phi) is 5.13. The van der Waals surface area contributed by atoms with Crippen LogP contribution in [-0.2, 0) is 15.3 Å². The fourth-order valence-corrected chi connectivity index (χ4v) is 2.91. The van der Waals surface area contributed by atoms with Gasteiger partial charge in [0.2, 0.25) is 0 Å². The zero-order chi connectivity index (χ0) is 12.0. The summed E-state index contributed by atoms with van der Waals surface area (Å²) in [5.41, 5.74) is 0.768. The average molecular weight is 243 g/mol. The predicted molar refractivity (Wildman–Crippen MR) is 63.2 cm³/mol. The van der Waals surface area contributed by atoms with Crippen LogP contribution in [0.4, 0.5) is 0 Å². The fourth-order valence-electron chi connectivity index (χ4n) is 1.50. The van der Waals surface area contributed by atoms with Crippen LogP contribution < -0.4 is 0 Å². The van der Waals surface area contributed by atoms with Crippen LogP contribution in [0.3, 0.4) is 0 Å². The third-order valence-corrected chi connectivity index (χ3v) is 3.63. The molecular formula is C11H18NO3P. The Hall–Kier alpha value is -0.700. The average Bonchev–Trinajstić information content (AvgIpc) is 2.17. The Labute approximate surface area is 96.2 Å². The van der Waals surface area contributed by atoms with Gasteiger partial charge in [-0.3, -0.25) is 9.55 Å². The summed E-state index contributed by atoms with van der Waals surface area (Å²) in [6.45, 7) is 3.84. The lowest BCUT2D eigenvalue weighted by Gasteiger charge is -2.17. The number of aromatic nitrogens is 1. The molecule has 0 aliphatic heterocycles. The SMILES string of the molecule is CCCC(C)OP(=O)(O)Cc1ccncc1. The molecule has 90 valence electrons. The molecule has 0 aliphatic carbocycles. The van der Waals surface area contributed by atoms with Gasteiger partial charge in [0.25, 0.3) is 0 Å². The van der Waals surface area contributed by atoms with E-state index in [9.17, 15) is 9.46 Å². The summed E-state index contributed by atoms with van der Waals surface area (Å²) in [7, 11) is -3.53. The Bertz CT molecular complexity index is 356. The summed E-state index contributed by atoms with van der Waals surface area (Å²) in [5, 5.41) is 0. The van der Waals surface area contributed by atoms with Gasteiger partial charge in [-0.15, -0.1) is 0 Å². The standard InChI is InChI=1S/C11H18NO3P/c1-3-4-10(2)15-16(13,14)9-11-5-7-12-8-6-11/h5-8,10H,3-4,9H2,1-2H3,(H,13,14). The van der Waals surface area contributed by atoms with Crippen LogP contribution in [0, 0.1) is 0 Å². The lowest BCUT2D eigenvalue weighted by molar-refractivity contribution is 0.179. The summed E-state index contributed by atoms with van der Waals surface area (Å²) >= 11 is 0. The van der Waals surface area contributed by atoms with Crippen molar-refractivity contribution in [3.63, 3.8) is 0 Å². The zero-order valence-corrected chi connectivity index (χ0v) is 10.6. The van der Waals surface area contributed by atoms with Gasteiger partial charge in [-0.25, -0.2) is 0 Å². The van der Waals surface area contributed by atoms with Gasteiger partial charge in [0.15, 0.2) is 0 Å². The molecule has 2 atom stereocenters. The van der Waals surface area contributed by atoms with Crippen LogP contribution in [0.15, 0.2) is 24.5 Å². The molecule has 0 bridgehead atoms. The van der Waals surface area contributed by atoms with Crippen molar-refractivity contribution < 1.29 is 14.0 Å². The summed E-state index contributed by atoms with van der Waals surface area (Å²) in [4.78, 5) is 13.5.